The standard InChI is InChI=1S/C40H50ClN5O5/c1-24-33(25(2)43(6)42-24)35-31(41)15-14-30-29(10-8-22-50-32-11-7-9-28-26-12-13-27(23-26)34(28)32)37(38(47)48)46(36(30)35)21-18-44-16-19-45(20-17-44)39(49)51-40(3,4)5/h7,9,11,14-15,26-27H,8,10,12-13,16-23H2,1-6H3,(H,47,48). The number of aryl methyl sites for hydroxylation is 3. The second kappa shape index (κ2) is 13.8. The number of carboxylic acids is 1. The van der Waals surface area contributed by atoms with Crippen molar-refractivity contribution in [2.75, 3.05) is 39.3 Å². The van der Waals surface area contributed by atoms with E-state index < -0.39 is 11.6 Å². The highest BCUT2D eigenvalue weighted by molar-refractivity contribution is 6.35. The molecular formula is C40H50ClN5O5. The summed E-state index contributed by atoms with van der Waals surface area (Å²) in [6.45, 7) is 13.6. The molecule has 3 aliphatic rings. The molecule has 7 rings (SSSR count). The van der Waals surface area contributed by atoms with Crippen LogP contribution < -0.4 is 4.74 Å². The van der Waals surface area contributed by atoms with Crippen LogP contribution in [0.2, 0.25) is 5.02 Å². The first-order chi connectivity index (χ1) is 24.3. The van der Waals surface area contributed by atoms with Crippen molar-refractivity contribution in [1.82, 2.24) is 24.1 Å². The van der Waals surface area contributed by atoms with Gasteiger partial charge in [-0.3, -0.25) is 9.58 Å². The number of ether oxygens (including phenoxy) is 2. The maximum atomic E-state index is 13.2. The molecule has 2 fully saturated rings. The Bertz CT molecular complexity index is 1980. The first kappa shape index (κ1) is 35.4. The quantitative estimate of drug-likeness (QED) is 0.166. The number of aromatic nitrogens is 3. The van der Waals surface area contributed by atoms with E-state index in [9.17, 15) is 14.7 Å². The molecule has 2 bridgehead atoms. The van der Waals surface area contributed by atoms with Gasteiger partial charge in [-0.2, -0.15) is 5.10 Å². The third-order valence-corrected chi connectivity index (χ3v) is 11.4. The van der Waals surface area contributed by atoms with Crippen LogP contribution >= 0.6 is 11.6 Å². The molecule has 4 aromatic rings. The van der Waals surface area contributed by atoms with Crippen molar-refractivity contribution in [1.29, 1.82) is 0 Å². The summed E-state index contributed by atoms with van der Waals surface area (Å²) in [7, 11) is 1.91. The van der Waals surface area contributed by atoms with Crippen molar-refractivity contribution in [3.05, 3.63) is 69.1 Å². The predicted molar refractivity (Wildman–Crippen MR) is 199 cm³/mol. The van der Waals surface area contributed by atoms with E-state index in [-0.39, 0.29) is 11.8 Å². The molecule has 272 valence electrons. The van der Waals surface area contributed by atoms with E-state index in [0.29, 0.717) is 75.6 Å². The molecule has 1 N–H and O–H groups in total. The summed E-state index contributed by atoms with van der Waals surface area (Å²) >= 11 is 7.03. The fourth-order valence-corrected chi connectivity index (χ4v) is 8.99. The highest BCUT2D eigenvalue weighted by Crippen LogP contribution is 2.55. The summed E-state index contributed by atoms with van der Waals surface area (Å²) in [5, 5.41) is 17.0. The van der Waals surface area contributed by atoms with Crippen LogP contribution in [0.25, 0.3) is 22.0 Å². The van der Waals surface area contributed by atoms with Crippen molar-refractivity contribution in [3.63, 3.8) is 0 Å². The first-order valence-electron chi connectivity index (χ1n) is 18.4. The van der Waals surface area contributed by atoms with Crippen LogP contribution in [0.5, 0.6) is 5.75 Å². The largest absolute Gasteiger partial charge is 0.493 e. The molecule has 1 amide bonds. The fourth-order valence-electron chi connectivity index (χ4n) is 8.75. The van der Waals surface area contributed by atoms with Gasteiger partial charge in [0.2, 0.25) is 0 Å². The molecular weight excluding hydrogens is 666 g/mol. The number of aromatic carboxylic acids is 1. The Morgan fingerprint density at radius 3 is 2.43 bits per heavy atom. The molecule has 2 atom stereocenters. The molecule has 2 aliphatic carbocycles. The van der Waals surface area contributed by atoms with E-state index in [1.807, 2.05) is 63.0 Å². The average Bonchev–Trinajstić information content (AvgIpc) is 3.84. The van der Waals surface area contributed by atoms with Gasteiger partial charge in [0.1, 0.15) is 17.0 Å². The van der Waals surface area contributed by atoms with Crippen molar-refractivity contribution in [2.24, 2.45) is 7.05 Å². The van der Waals surface area contributed by atoms with Gasteiger partial charge in [-0.25, -0.2) is 9.59 Å². The molecule has 10 nitrogen and oxygen atoms in total. The molecule has 0 spiro atoms. The molecule has 1 saturated heterocycles. The van der Waals surface area contributed by atoms with Crippen molar-refractivity contribution >= 4 is 34.6 Å². The van der Waals surface area contributed by atoms with Crippen LogP contribution in [0.4, 0.5) is 4.79 Å². The van der Waals surface area contributed by atoms with Gasteiger partial charge in [-0.15, -0.1) is 0 Å². The van der Waals surface area contributed by atoms with Gasteiger partial charge in [-0.05, 0) is 102 Å². The van der Waals surface area contributed by atoms with E-state index in [4.69, 9.17) is 21.1 Å². The lowest BCUT2D eigenvalue weighted by atomic mass is 9.91. The van der Waals surface area contributed by atoms with Crippen LogP contribution in [0.3, 0.4) is 0 Å². The second-order valence-electron chi connectivity index (χ2n) is 15.5. The number of nitrogens with zero attached hydrogens (tertiary/aromatic N) is 5. The Morgan fingerprint density at radius 1 is 1.00 bits per heavy atom. The summed E-state index contributed by atoms with van der Waals surface area (Å²) in [6.07, 6.45) is 4.66. The van der Waals surface area contributed by atoms with Crippen molar-refractivity contribution in [3.8, 4) is 16.9 Å². The lowest BCUT2D eigenvalue weighted by molar-refractivity contribution is 0.0142. The Morgan fingerprint density at radius 2 is 1.75 bits per heavy atom. The number of halogens is 1. The summed E-state index contributed by atoms with van der Waals surface area (Å²) in [6, 6.07) is 10.3. The van der Waals surface area contributed by atoms with Crippen LogP contribution in [0, 0.1) is 13.8 Å². The Kier molecular flexibility index (Phi) is 9.60. The molecule has 2 aromatic heterocycles. The predicted octanol–water partition coefficient (Wildman–Crippen LogP) is 7.94. The SMILES string of the molecule is Cc1nn(C)c(C)c1-c1c(Cl)ccc2c(CCCOc3cccc4c3C3CCC4C3)c(C(=O)O)n(CCN3CCN(C(=O)OC(C)(C)C)CC3)c12. The van der Waals surface area contributed by atoms with Gasteiger partial charge in [0.15, 0.2) is 0 Å². The van der Waals surface area contributed by atoms with Gasteiger partial charge >= 0.3 is 12.1 Å². The molecule has 0 radical (unpaired) electrons. The van der Waals surface area contributed by atoms with E-state index in [2.05, 4.69) is 28.2 Å². The summed E-state index contributed by atoms with van der Waals surface area (Å²) < 4.78 is 15.8. The molecule has 51 heavy (non-hydrogen) atoms. The fraction of sp³-hybridized carbons (Fsp3) is 0.525. The Balaban J connectivity index is 1.18. The topological polar surface area (TPSA) is 102 Å². The first-order valence-corrected chi connectivity index (χ1v) is 18.7. The Hall–Kier alpha value is -4.02. The summed E-state index contributed by atoms with van der Waals surface area (Å²) in [5.74, 6) is 1.29. The number of carbonyl (C=O) groups excluding carboxylic acids is 1. The zero-order valence-electron chi connectivity index (χ0n) is 30.7. The highest BCUT2D eigenvalue weighted by atomic mass is 35.5. The minimum absolute atomic E-state index is 0.290. The number of hydrogen-bond donors (Lipinski definition) is 1. The summed E-state index contributed by atoms with van der Waals surface area (Å²) in [5.41, 5.74) is 7.75. The Labute approximate surface area is 305 Å². The number of carboxylic acid groups (broad SMARTS) is 1. The second-order valence-corrected chi connectivity index (χ2v) is 15.9. The van der Waals surface area contributed by atoms with Gasteiger partial charge in [-0.1, -0.05) is 29.8 Å². The molecule has 1 saturated carbocycles. The van der Waals surface area contributed by atoms with E-state index >= 15 is 0 Å². The minimum Gasteiger partial charge on any atom is -0.493 e. The number of hydrogen-bond acceptors (Lipinski definition) is 6. The van der Waals surface area contributed by atoms with Gasteiger partial charge in [0, 0.05) is 74.1 Å². The van der Waals surface area contributed by atoms with Gasteiger partial charge in [0.05, 0.1) is 22.8 Å². The van der Waals surface area contributed by atoms with Crippen LogP contribution in [0.1, 0.15) is 96.9 Å². The highest BCUT2D eigenvalue weighted by Gasteiger charge is 2.39. The third kappa shape index (κ3) is 6.73. The van der Waals surface area contributed by atoms with Crippen molar-refractivity contribution in [2.45, 2.75) is 90.7 Å². The summed E-state index contributed by atoms with van der Waals surface area (Å²) in [4.78, 5) is 30.0. The van der Waals surface area contributed by atoms with E-state index in [1.54, 1.807) is 4.90 Å². The number of fused-ring (bicyclic) bond motifs is 6. The van der Waals surface area contributed by atoms with Gasteiger partial charge < -0.3 is 24.0 Å². The van der Waals surface area contributed by atoms with E-state index in [0.717, 1.165) is 44.7 Å². The molecule has 2 aromatic carbocycles. The maximum Gasteiger partial charge on any atom is 0.410 e. The number of carbonyl (C=O) groups is 2. The third-order valence-electron chi connectivity index (χ3n) is 11.1. The number of amides is 1. The smallest absolute Gasteiger partial charge is 0.410 e. The molecule has 1 aliphatic heterocycles. The van der Waals surface area contributed by atoms with Gasteiger partial charge in [0.25, 0.3) is 0 Å². The molecule has 11 heteroatoms. The number of benzene rings is 2. The normalized spacial score (nSPS) is 18.8. The maximum absolute atomic E-state index is 13.2. The van der Waals surface area contributed by atoms with E-state index in [1.165, 1.54) is 30.4 Å². The zero-order chi connectivity index (χ0) is 36.2. The van der Waals surface area contributed by atoms with Crippen LogP contribution in [-0.4, -0.2) is 86.2 Å². The number of piperazine rings is 1. The van der Waals surface area contributed by atoms with Crippen LogP contribution in [-0.2, 0) is 24.8 Å². The lowest BCUT2D eigenvalue weighted by Gasteiger charge is -2.35. The lowest BCUT2D eigenvalue weighted by Crippen LogP contribution is -2.50. The van der Waals surface area contributed by atoms with Crippen LogP contribution in [0.15, 0.2) is 30.3 Å². The average molecular weight is 716 g/mol. The minimum atomic E-state index is -0.963. The molecule has 2 unspecified atom stereocenters. The molecule has 3 heterocycles. The monoisotopic (exact) mass is 715 g/mol. The van der Waals surface area contributed by atoms with Crippen molar-refractivity contribution < 1.29 is 24.2 Å². The zero-order valence-corrected chi connectivity index (χ0v) is 31.5. The number of rotatable bonds is 10.